The Bertz CT molecular complexity index is 895. The molecule has 0 fully saturated rings. The smallest absolute Gasteiger partial charge is 0.128 e. The lowest BCUT2D eigenvalue weighted by molar-refractivity contribution is 1.03. The quantitative estimate of drug-likeness (QED) is 0.771. The van der Waals surface area contributed by atoms with Crippen molar-refractivity contribution in [1.29, 1.82) is 5.26 Å². The fraction of sp³-hybridized carbons (Fsp3) is 0.188. The summed E-state index contributed by atoms with van der Waals surface area (Å²) in [7, 11) is 0. The lowest BCUT2D eigenvalue weighted by Gasteiger charge is -2.08. The lowest BCUT2D eigenvalue weighted by atomic mass is 10.1. The van der Waals surface area contributed by atoms with E-state index in [1.807, 2.05) is 13.0 Å². The van der Waals surface area contributed by atoms with Gasteiger partial charge < -0.3 is 5.32 Å². The highest BCUT2D eigenvalue weighted by Crippen LogP contribution is 2.24. The molecular formula is C16H13ClN4S. The van der Waals surface area contributed by atoms with Crippen molar-refractivity contribution >= 4 is 39.7 Å². The van der Waals surface area contributed by atoms with E-state index >= 15 is 0 Å². The second kappa shape index (κ2) is 5.91. The van der Waals surface area contributed by atoms with Gasteiger partial charge in [0.05, 0.1) is 34.4 Å². The van der Waals surface area contributed by atoms with Crippen LogP contribution in [0.1, 0.15) is 21.1 Å². The summed E-state index contributed by atoms with van der Waals surface area (Å²) in [5.41, 5.74) is 2.32. The molecule has 3 aromatic rings. The molecule has 0 saturated heterocycles. The van der Waals surface area contributed by atoms with Crippen LogP contribution in [0.15, 0.2) is 24.3 Å². The van der Waals surface area contributed by atoms with Crippen LogP contribution in [-0.4, -0.2) is 9.97 Å². The summed E-state index contributed by atoms with van der Waals surface area (Å²) >= 11 is 7.67. The average Bonchev–Trinajstić information content (AvgIpc) is 2.82. The zero-order valence-electron chi connectivity index (χ0n) is 12.1. The summed E-state index contributed by atoms with van der Waals surface area (Å²) in [5, 5.41) is 15.0. The fourth-order valence-corrected chi connectivity index (χ4v) is 3.30. The maximum atomic E-state index is 9.32. The highest BCUT2D eigenvalue weighted by molar-refractivity contribution is 7.11. The Kier molecular flexibility index (Phi) is 3.97. The number of nitrogens with zero attached hydrogens (tertiary/aromatic N) is 3. The van der Waals surface area contributed by atoms with Crippen molar-refractivity contribution in [2.45, 2.75) is 20.4 Å². The molecule has 1 N–H and O–H groups in total. The minimum absolute atomic E-state index is 0.557. The number of benzene rings is 1. The van der Waals surface area contributed by atoms with Crippen LogP contribution in [0.25, 0.3) is 10.9 Å². The van der Waals surface area contributed by atoms with E-state index in [4.69, 9.17) is 11.6 Å². The Balaban J connectivity index is 1.93. The van der Waals surface area contributed by atoms with Gasteiger partial charge in [-0.3, -0.25) is 0 Å². The van der Waals surface area contributed by atoms with Gasteiger partial charge in [0.15, 0.2) is 0 Å². The van der Waals surface area contributed by atoms with Gasteiger partial charge in [-0.1, -0.05) is 11.6 Å². The number of rotatable bonds is 3. The molecule has 0 aliphatic carbocycles. The van der Waals surface area contributed by atoms with E-state index in [1.54, 1.807) is 29.5 Å². The van der Waals surface area contributed by atoms with E-state index in [-0.39, 0.29) is 0 Å². The number of pyridine rings is 1. The van der Waals surface area contributed by atoms with Crippen molar-refractivity contribution in [2.75, 3.05) is 5.32 Å². The van der Waals surface area contributed by atoms with Gasteiger partial charge in [0.25, 0.3) is 0 Å². The van der Waals surface area contributed by atoms with Crippen LogP contribution in [0.2, 0.25) is 5.02 Å². The van der Waals surface area contributed by atoms with E-state index in [0.29, 0.717) is 22.9 Å². The van der Waals surface area contributed by atoms with Gasteiger partial charge in [0, 0.05) is 15.3 Å². The first kappa shape index (κ1) is 14.8. The van der Waals surface area contributed by atoms with Gasteiger partial charge in [0.2, 0.25) is 0 Å². The zero-order chi connectivity index (χ0) is 15.7. The molecule has 2 heterocycles. The number of fused-ring (bicyclic) bond motifs is 1. The molecule has 0 amide bonds. The Hall–Kier alpha value is -2.16. The van der Waals surface area contributed by atoms with Crippen molar-refractivity contribution in [1.82, 2.24) is 9.97 Å². The van der Waals surface area contributed by atoms with Crippen LogP contribution >= 0.6 is 22.9 Å². The number of nitrogens with one attached hydrogen (secondary N) is 1. The first-order chi connectivity index (χ1) is 10.6. The molecule has 0 radical (unpaired) electrons. The van der Waals surface area contributed by atoms with E-state index in [1.165, 1.54) is 4.88 Å². The molecule has 0 bridgehead atoms. The van der Waals surface area contributed by atoms with Crippen molar-refractivity contribution in [3.8, 4) is 6.07 Å². The second-order valence-electron chi connectivity index (χ2n) is 4.92. The van der Waals surface area contributed by atoms with Crippen LogP contribution in [-0.2, 0) is 6.54 Å². The highest BCUT2D eigenvalue weighted by Gasteiger charge is 2.08. The summed E-state index contributed by atoms with van der Waals surface area (Å²) in [6.45, 7) is 4.64. The van der Waals surface area contributed by atoms with E-state index in [2.05, 4.69) is 28.3 Å². The van der Waals surface area contributed by atoms with Gasteiger partial charge in [-0.15, -0.1) is 11.3 Å². The van der Waals surface area contributed by atoms with E-state index < -0.39 is 0 Å². The van der Waals surface area contributed by atoms with E-state index in [9.17, 15) is 5.26 Å². The molecule has 0 unspecified atom stereocenters. The number of hydrogen-bond donors (Lipinski definition) is 1. The fourth-order valence-electron chi connectivity index (χ4n) is 2.29. The molecule has 22 heavy (non-hydrogen) atoms. The van der Waals surface area contributed by atoms with Crippen LogP contribution in [0, 0.1) is 25.2 Å². The molecule has 1 aromatic carbocycles. The normalized spacial score (nSPS) is 10.6. The molecular weight excluding hydrogens is 316 g/mol. The standard InChI is InChI=1S/C16H13ClN4S/c1-9-15(20-10(2)22-9)8-19-16-5-11(7-18)13-6-12(17)3-4-14(13)21-16/h3-6H,8H2,1-2H3,(H,19,21). The molecule has 0 aliphatic heterocycles. The molecule has 6 heteroatoms. The number of nitriles is 1. The number of thiazole rings is 1. The summed E-state index contributed by atoms with van der Waals surface area (Å²) in [6, 6.07) is 9.30. The number of anilines is 1. The topological polar surface area (TPSA) is 61.6 Å². The lowest BCUT2D eigenvalue weighted by Crippen LogP contribution is -2.03. The number of hydrogen-bond acceptors (Lipinski definition) is 5. The monoisotopic (exact) mass is 328 g/mol. The maximum absolute atomic E-state index is 9.32. The van der Waals surface area contributed by atoms with Crippen molar-refractivity contribution < 1.29 is 0 Å². The molecule has 0 aliphatic rings. The Morgan fingerprint density at radius 1 is 1.27 bits per heavy atom. The Morgan fingerprint density at radius 3 is 2.77 bits per heavy atom. The van der Waals surface area contributed by atoms with Gasteiger partial charge in [-0.25, -0.2) is 9.97 Å². The molecule has 110 valence electrons. The first-order valence-corrected chi connectivity index (χ1v) is 7.93. The van der Waals surface area contributed by atoms with Crippen molar-refractivity contribution in [2.24, 2.45) is 0 Å². The summed E-state index contributed by atoms with van der Waals surface area (Å²) < 4.78 is 0. The highest BCUT2D eigenvalue weighted by atomic mass is 35.5. The summed E-state index contributed by atoms with van der Waals surface area (Å²) in [6.07, 6.45) is 0. The minimum atomic E-state index is 0.557. The average molecular weight is 329 g/mol. The van der Waals surface area contributed by atoms with Gasteiger partial charge in [-0.05, 0) is 38.1 Å². The predicted molar refractivity (Wildman–Crippen MR) is 90.4 cm³/mol. The molecule has 2 aromatic heterocycles. The van der Waals surface area contributed by atoms with Crippen molar-refractivity contribution in [3.05, 3.63) is 50.4 Å². The number of aryl methyl sites for hydroxylation is 2. The van der Waals surface area contributed by atoms with Gasteiger partial charge in [0.1, 0.15) is 5.82 Å². The molecule has 3 rings (SSSR count). The predicted octanol–water partition coefficient (Wildman–Crippen LogP) is 4.45. The first-order valence-electron chi connectivity index (χ1n) is 6.74. The number of halogens is 1. The van der Waals surface area contributed by atoms with Gasteiger partial charge in [-0.2, -0.15) is 5.26 Å². The largest absolute Gasteiger partial charge is 0.364 e. The third-order valence-corrected chi connectivity index (χ3v) is 4.49. The molecule has 0 spiro atoms. The second-order valence-corrected chi connectivity index (χ2v) is 6.76. The molecule has 4 nitrogen and oxygen atoms in total. The Labute approximate surface area is 137 Å². The third kappa shape index (κ3) is 2.89. The van der Waals surface area contributed by atoms with Gasteiger partial charge >= 0.3 is 0 Å². The van der Waals surface area contributed by atoms with Crippen LogP contribution in [0.5, 0.6) is 0 Å². The SMILES string of the molecule is Cc1nc(CNc2cc(C#N)c3cc(Cl)ccc3n2)c(C)s1. The minimum Gasteiger partial charge on any atom is -0.364 e. The summed E-state index contributed by atoms with van der Waals surface area (Å²) in [5.74, 6) is 0.663. The van der Waals surface area contributed by atoms with Crippen LogP contribution in [0.3, 0.4) is 0 Å². The third-order valence-electron chi connectivity index (χ3n) is 3.33. The number of aromatic nitrogens is 2. The van der Waals surface area contributed by atoms with E-state index in [0.717, 1.165) is 21.6 Å². The summed E-state index contributed by atoms with van der Waals surface area (Å²) in [4.78, 5) is 10.2. The van der Waals surface area contributed by atoms with Crippen LogP contribution in [0.4, 0.5) is 5.82 Å². The molecule has 0 saturated carbocycles. The zero-order valence-corrected chi connectivity index (χ0v) is 13.7. The Morgan fingerprint density at radius 2 is 2.09 bits per heavy atom. The maximum Gasteiger partial charge on any atom is 0.128 e. The van der Waals surface area contributed by atoms with Crippen molar-refractivity contribution in [3.63, 3.8) is 0 Å². The molecule has 0 atom stereocenters. The van der Waals surface area contributed by atoms with Crippen LogP contribution < -0.4 is 5.32 Å².